The summed E-state index contributed by atoms with van der Waals surface area (Å²) in [7, 11) is -3.95. The lowest BCUT2D eigenvalue weighted by molar-refractivity contribution is -0.130. The summed E-state index contributed by atoms with van der Waals surface area (Å²) in [6.45, 7) is 2.78. The lowest BCUT2D eigenvalue weighted by Gasteiger charge is -2.36. The van der Waals surface area contributed by atoms with E-state index in [4.69, 9.17) is 19.9 Å². The van der Waals surface area contributed by atoms with Crippen LogP contribution < -0.4 is 14.8 Å². The van der Waals surface area contributed by atoms with Crippen molar-refractivity contribution >= 4 is 21.6 Å². The summed E-state index contributed by atoms with van der Waals surface area (Å²) in [5.41, 5.74) is 1.10. The summed E-state index contributed by atoms with van der Waals surface area (Å²) in [6, 6.07) is 10.6. The fourth-order valence-electron chi connectivity index (χ4n) is 4.26. The van der Waals surface area contributed by atoms with E-state index in [2.05, 4.69) is 0 Å². The number of carbonyl (C=O) groups is 1. The monoisotopic (exact) mass is 502 g/mol. The Labute approximate surface area is 203 Å². The Morgan fingerprint density at radius 3 is 2.49 bits per heavy atom. The molecule has 0 radical (unpaired) electrons. The number of carbonyl (C=O) groups excluding carboxylic acids is 1. The quantitative estimate of drug-likeness (QED) is 0.638. The molecule has 1 amide bonds. The highest BCUT2D eigenvalue weighted by molar-refractivity contribution is 7.89. The van der Waals surface area contributed by atoms with Crippen LogP contribution in [0.1, 0.15) is 24.0 Å². The smallest absolute Gasteiger partial charge is 0.238 e. The first-order chi connectivity index (χ1) is 16.7. The third-order valence-corrected chi connectivity index (χ3v) is 7.12. The van der Waals surface area contributed by atoms with Gasteiger partial charge in [-0.3, -0.25) is 4.79 Å². The zero-order valence-electron chi connectivity index (χ0n) is 19.2. The van der Waals surface area contributed by atoms with Gasteiger partial charge in [-0.2, -0.15) is 5.26 Å². The molecular weight excluding hydrogens is 475 g/mol. The molecule has 0 atom stereocenters. The van der Waals surface area contributed by atoms with Crippen molar-refractivity contribution < 1.29 is 27.1 Å². The number of halogens is 1. The van der Waals surface area contributed by atoms with Crippen molar-refractivity contribution in [3.8, 4) is 11.8 Å². The number of anilines is 1. The fourth-order valence-corrected chi connectivity index (χ4v) is 4.83. The van der Waals surface area contributed by atoms with Gasteiger partial charge in [0.2, 0.25) is 15.9 Å². The summed E-state index contributed by atoms with van der Waals surface area (Å²) in [5, 5.41) is 14.2. The molecule has 35 heavy (non-hydrogen) atoms. The molecule has 0 aromatic heterocycles. The Hall–Kier alpha value is -3.20. The number of amides is 1. The van der Waals surface area contributed by atoms with Crippen molar-refractivity contribution in [2.45, 2.75) is 30.3 Å². The van der Waals surface area contributed by atoms with Crippen LogP contribution in [0.2, 0.25) is 0 Å². The van der Waals surface area contributed by atoms with Gasteiger partial charge in [-0.15, -0.1) is 0 Å². The molecule has 2 aliphatic heterocycles. The molecule has 0 spiro atoms. The number of nitriles is 1. The van der Waals surface area contributed by atoms with Crippen molar-refractivity contribution in [2.24, 2.45) is 5.14 Å². The molecule has 0 aliphatic carbocycles. The van der Waals surface area contributed by atoms with Crippen LogP contribution in [0.4, 0.5) is 10.1 Å². The van der Waals surface area contributed by atoms with Gasteiger partial charge in [0.25, 0.3) is 0 Å². The van der Waals surface area contributed by atoms with Crippen LogP contribution in [0.3, 0.4) is 0 Å². The van der Waals surface area contributed by atoms with Gasteiger partial charge in [-0.05, 0) is 36.4 Å². The maximum Gasteiger partial charge on any atom is 0.238 e. The summed E-state index contributed by atoms with van der Waals surface area (Å²) in [4.78, 5) is 16.5. The topological polar surface area (TPSA) is 126 Å². The molecule has 2 heterocycles. The van der Waals surface area contributed by atoms with E-state index in [1.165, 1.54) is 18.2 Å². The Morgan fingerprint density at radius 1 is 1.14 bits per heavy atom. The van der Waals surface area contributed by atoms with E-state index in [1.807, 2.05) is 11.0 Å². The molecule has 2 N–H and O–H groups in total. The van der Waals surface area contributed by atoms with Gasteiger partial charge in [0.1, 0.15) is 17.7 Å². The van der Waals surface area contributed by atoms with Crippen molar-refractivity contribution in [1.82, 2.24) is 4.90 Å². The Kier molecular flexibility index (Phi) is 7.54. The second-order valence-corrected chi connectivity index (χ2v) is 10.1. The Balaban J connectivity index is 1.45. The number of nitrogens with two attached hydrogens (primary N) is 1. The van der Waals surface area contributed by atoms with E-state index in [0.29, 0.717) is 69.2 Å². The number of primary sulfonamides is 1. The molecule has 2 aromatic carbocycles. The van der Waals surface area contributed by atoms with E-state index < -0.39 is 15.8 Å². The zero-order chi connectivity index (χ0) is 25.0. The Bertz CT molecular complexity index is 1230. The molecule has 0 saturated carbocycles. The van der Waals surface area contributed by atoms with Gasteiger partial charge >= 0.3 is 0 Å². The van der Waals surface area contributed by atoms with E-state index in [1.54, 1.807) is 23.1 Å². The molecule has 11 heteroatoms. The number of piperazine rings is 1. The minimum atomic E-state index is -3.95. The van der Waals surface area contributed by atoms with Crippen LogP contribution in [0, 0.1) is 17.1 Å². The van der Waals surface area contributed by atoms with E-state index in [-0.39, 0.29) is 28.9 Å². The average molecular weight is 503 g/mol. The highest BCUT2D eigenvalue weighted by Gasteiger charge is 2.25. The number of hydrogen-bond donors (Lipinski definition) is 1. The van der Waals surface area contributed by atoms with Crippen LogP contribution in [-0.4, -0.2) is 64.7 Å². The second-order valence-electron chi connectivity index (χ2n) is 8.57. The Morgan fingerprint density at radius 2 is 1.86 bits per heavy atom. The molecule has 9 nitrogen and oxygen atoms in total. The maximum absolute atomic E-state index is 14.4. The normalized spacial score (nSPS) is 17.2. The van der Waals surface area contributed by atoms with Gasteiger partial charge < -0.3 is 19.3 Å². The molecule has 2 aromatic rings. The van der Waals surface area contributed by atoms with Crippen LogP contribution >= 0.6 is 0 Å². The van der Waals surface area contributed by atoms with Gasteiger partial charge in [-0.25, -0.2) is 17.9 Å². The molecule has 2 aliphatic rings. The van der Waals surface area contributed by atoms with Crippen molar-refractivity contribution in [2.75, 3.05) is 44.3 Å². The van der Waals surface area contributed by atoms with Gasteiger partial charge in [0, 0.05) is 44.6 Å². The van der Waals surface area contributed by atoms with Crippen LogP contribution in [0.25, 0.3) is 0 Å². The third-order valence-electron chi connectivity index (χ3n) is 6.21. The van der Waals surface area contributed by atoms with Crippen molar-refractivity contribution in [3.05, 3.63) is 53.3 Å². The van der Waals surface area contributed by atoms with Crippen molar-refractivity contribution in [3.63, 3.8) is 0 Å². The summed E-state index contributed by atoms with van der Waals surface area (Å²) in [5.74, 6) is -0.206. The molecule has 186 valence electrons. The van der Waals surface area contributed by atoms with E-state index >= 15 is 0 Å². The lowest BCUT2D eigenvalue weighted by Crippen LogP contribution is -2.49. The summed E-state index contributed by atoms with van der Waals surface area (Å²) < 4.78 is 49.6. The highest BCUT2D eigenvalue weighted by Crippen LogP contribution is 2.27. The largest absolute Gasteiger partial charge is 0.490 e. The number of hydrogen-bond acceptors (Lipinski definition) is 7. The third kappa shape index (κ3) is 6.08. The van der Waals surface area contributed by atoms with Crippen LogP contribution in [0.15, 0.2) is 41.3 Å². The van der Waals surface area contributed by atoms with Crippen LogP contribution in [0.5, 0.6) is 5.75 Å². The predicted molar refractivity (Wildman–Crippen MR) is 126 cm³/mol. The number of benzene rings is 2. The molecule has 0 unspecified atom stereocenters. The van der Waals surface area contributed by atoms with E-state index in [9.17, 15) is 17.6 Å². The lowest BCUT2D eigenvalue weighted by atomic mass is 10.1. The molecular formula is C24H27FN4O5S. The van der Waals surface area contributed by atoms with E-state index in [0.717, 1.165) is 0 Å². The molecule has 2 fully saturated rings. The average Bonchev–Trinajstić information content (AvgIpc) is 2.85. The highest BCUT2D eigenvalue weighted by atomic mass is 32.2. The molecule has 4 rings (SSSR count). The van der Waals surface area contributed by atoms with Gasteiger partial charge in [0.05, 0.1) is 41.9 Å². The standard InChI is InChI=1S/C24H27FN4O5S/c25-21-13-17(16-26)1-3-22(21)28-7-9-29(10-8-28)24(30)15-18-14-20(35(27,31)32)2-4-23(18)34-19-5-11-33-12-6-19/h1-4,13-14,19H,5-12,15H2,(H2,27,31,32). The van der Waals surface area contributed by atoms with Gasteiger partial charge in [0.15, 0.2) is 0 Å². The minimum absolute atomic E-state index is 0.0485. The first-order valence-electron chi connectivity index (χ1n) is 11.4. The zero-order valence-corrected chi connectivity index (χ0v) is 20.0. The molecule has 2 saturated heterocycles. The second kappa shape index (κ2) is 10.6. The van der Waals surface area contributed by atoms with Gasteiger partial charge in [-0.1, -0.05) is 0 Å². The fraction of sp³-hybridized carbons (Fsp3) is 0.417. The number of nitrogens with zero attached hydrogens (tertiary/aromatic N) is 3. The number of ether oxygens (including phenoxy) is 2. The van der Waals surface area contributed by atoms with Crippen molar-refractivity contribution in [1.29, 1.82) is 5.26 Å². The SMILES string of the molecule is N#Cc1ccc(N2CCN(C(=O)Cc3cc(S(N)(=O)=O)ccc3OC3CCOCC3)CC2)c(F)c1. The maximum atomic E-state index is 14.4. The first kappa shape index (κ1) is 24.9. The van der Waals surface area contributed by atoms with Crippen LogP contribution in [-0.2, 0) is 26.0 Å². The first-order valence-corrected chi connectivity index (χ1v) is 12.9. The molecule has 0 bridgehead atoms. The summed E-state index contributed by atoms with van der Waals surface area (Å²) >= 11 is 0. The minimum Gasteiger partial charge on any atom is -0.490 e. The number of rotatable bonds is 6. The summed E-state index contributed by atoms with van der Waals surface area (Å²) in [6.07, 6.45) is 1.28. The predicted octanol–water partition coefficient (Wildman–Crippen LogP) is 1.79. The number of sulfonamides is 1.